The van der Waals surface area contributed by atoms with E-state index in [0.29, 0.717) is 34.3 Å². The number of anilines is 2. The molecule has 1 N–H and O–H groups in total. The van der Waals surface area contributed by atoms with Crippen molar-refractivity contribution >= 4 is 39.8 Å². The summed E-state index contributed by atoms with van der Waals surface area (Å²) in [6.45, 7) is 4.98. The Kier molecular flexibility index (Phi) is 7.04. The van der Waals surface area contributed by atoms with E-state index in [1.165, 1.54) is 5.57 Å². The van der Waals surface area contributed by atoms with E-state index in [9.17, 15) is 4.79 Å². The Balaban J connectivity index is 1.28. The Bertz CT molecular complexity index is 1660. The Labute approximate surface area is 232 Å². The van der Waals surface area contributed by atoms with Gasteiger partial charge in [-0.2, -0.15) is 4.98 Å². The molecule has 4 aromatic rings. The second-order valence-corrected chi connectivity index (χ2v) is 10.4. The lowest BCUT2D eigenvalue weighted by Crippen LogP contribution is -2.35. The van der Waals surface area contributed by atoms with Gasteiger partial charge in [-0.25, -0.2) is 4.98 Å². The maximum absolute atomic E-state index is 13.6. The van der Waals surface area contributed by atoms with Gasteiger partial charge in [0.1, 0.15) is 5.65 Å². The molecule has 0 spiro atoms. The lowest BCUT2D eigenvalue weighted by molar-refractivity contribution is -0.0208. The summed E-state index contributed by atoms with van der Waals surface area (Å²) in [6, 6.07) is 15.8. The number of halogens is 1. The summed E-state index contributed by atoms with van der Waals surface area (Å²) in [5.74, 6) is 0.430. The molecule has 1 fully saturated rings. The van der Waals surface area contributed by atoms with Gasteiger partial charge >= 0.3 is 0 Å². The van der Waals surface area contributed by atoms with Crippen LogP contribution in [-0.2, 0) is 11.3 Å². The van der Waals surface area contributed by atoms with Gasteiger partial charge in [0, 0.05) is 53.1 Å². The summed E-state index contributed by atoms with van der Waals surface area (Å²) in [5.41, 5.74) is 5.97. The first-order valence-electron chi connectivity index (χ1n) is 13.2. The molecule has 3 heterocycles. The van der Waals surface area contributed by atoms with E-state index in [1.807, 2.05) is 49.4 Å². The van der Waals surface area contributed by atoms with Gasteiger partial charge in [-0.3, -0.25) is 9.36 Å². The third-order valence-electron chi connectivity index (χ3n) is 7.35. The number of hydrogen-bond acceptors (Lipinski definition) is 6. The number of rotatable bonds is 6. The van der Waals surface area contributed by atoms with Crippen molar-refractivity contribution in [3.05, 3.63) is 99.5 Å². The Morgan fingerprint density at radius 3 is 2.69 bits per heavy atom. The van der Waals surface area contributed by atoms with Gasteiger partial charge in [-0.15, -0.1) is 0 Å². The molecule has 6 rings (SSSR count). The monoisotopic (exact) mass is 539 g/mol. The molecule has 1 saturated heterocycles. The number of hydrogen-bond donors (Lipinski definition) is 1. The lowest BCUT2D eigenvalue weighted by Gasteiger charge is -2.30. The summed E-state index contributed by atoms with van der Waals surface area (Å²) in [6.07, 6.45) is 8.96. The Morgan fingerprint density at radius 1 is 1.13 bits per heavy atom. The molecule has 7 nitrogen and oxygen atoms in total. The van der Waals surface area contributed by atoms with E-state index in [2.05, 4.69) is 46.5 Å². The van der Waals surface area contributed by atoms with Gasteiger partial charge in [-0.1, -0.05) is 54.1 Å². The first kappa shape index (κ1) is 25.5. The normalized spacial score (nSPS) is 17.5. The van der Waals surface area contributed by atoms with Crippen molar-refractivity contribution in [2.45, 2.75) is 26.0 Å². The van der Waals surface area contributed by atoms with E-state index < -0.39 is 0 Å². The summed E-state index contributed by atoms with van der Waals surface area (Å²) >= 11 is 6.70. The van der Waals surface area contributed by atoms with Gasteiger partial charge in [0.15, 0.2) is 0 Å². The number of morpholine rings is 1. The van der Waals surface area contributed by atoms with E-state index in [0.717, 1.165) is 48.3 Å². The minimum Gasteiger partial charge on any atom is -0.371 e. The fourth-order valence-corrected chi connectivity index (χ4v) is 5.47. The predicted molar refractivity (Wildman–Crippen MR) is 158 cm³/mol. The molecule has 1 unspecified atom stereocenters. The summed E-state index contributed by atoms with van der Waals surface area (Å²) in [4.78, 5) is 25.1. The molecule has 0 saturated carbocycles. The van der Waals surface area contributed by atoms with Gasteiger partial charge in [0.05, 0.1) is 12.7 Å². The van der Waals surface area contributed by atoms with E-state index >= 15 is 0 Å². The van der Waals surface area contributed by atoms with Crippen molar-refractivity contribution in [1.82, 2.24) is 19.4 Å². The molecule has 2 aromatic heterocycles. The van der Waals surface area contributed by atoms with Crippen LogP contribution in [0.5, 0.6) is 0 Å². The third kappa shape index (κ3) is 5.13. The summed E-state index contributed by atoms with van der Waals surface area (Å²) in [5, 5.41) is 4.59. The standard InChI is InChI=1S/C31H30ClN5O2/c1-3-37-29-23(16-26(30(37)38)25-13-10-22(17-27(25)32)20-6-4-5-7-20)18-33-31(35-29)34-24-11-8-21(9-12-24)28-19-36(2)14-15-39-28/h4-6,8-13,16-18,28H,3,7,14-15,19H2,1-2H3,(H,33,34,35). The van der Waals surface area contributed by atoms with Crippen LogP contribution in [0.1, 0.15) is 30.6 Å². The molecular weight excluding hydrogens is 510 g/mol. The van der Waals surface area contributed by atoms with Gasteiger partial charge in [0.25, 0.3) is 5.56 Å². The maximum atomic E-state index is 13.6. The lowest BCUT2D eigenvalue weighted by atomic mass is 10.00. The molecule has 198 valence electrons. The van der Waals surface area contributed by atoms with Gasteiger partial charge in [0.2, 0.25) is 5.95 Å². The quantitative estimate of drug-likeness (QED) is 0.313. The van der Waals surface area contributed by atoms with E-state index in [-0.39, 0.29) is 11.7 Å². The highest BCUT2D eigenvalue weighted by molar-refractivity contribution is 6.33. The molecule has 8 heteroatoms. The molecule has 2 aromatic carbocycles. The number of nitrogens with one attached hydrogen (secondary N) is 1. The number of ether oxygens (including phenoxy) is 1. The van der Waals surface area contributed by atoms with Gasteiger partial charge < -0.3 is 15.0 Å². The molecule has 2 aliphatic rings. The van der Waals surface area contributed by atoms with Crippen molar-refractivity contribution in [1.29, 1.82) is 0 Å². The van der Waals surface area contributed by atoms with Crippen molar-refractivity contribution in [2.24, 2.45) is 0 Å². The van der Waals surface area contributed by atoms with Crippen LogP contribution in [0, 0.1) is 0 Å². The second kappa shape index (κ2) is 10.8. The molecule has 1 atom stereocenters. The van der Waals surface area contributed by atoms with Crippen LogP contribution in [0.3, 0.4) is 0 Å². The van der Waals surface area contributed by atoms with Crippen LogP contribution < -0.4 is 10.9 Å². The smallest absolute Gasteiger partial charge is 0.260 e. The van der Waals surface area contributed by atoms with E-state index in [4.69, 9.17) is 21.3 Å². The highest BCUT2D eigenvalue weighted by atomic mass is 35.5. The number of allylic oxidation sites excluding steroid dienone is 4. The van der Waals surface area contributed by atoms with Crippen molar-refractivity contribution in [2.75, 3.05) is 32.1 Å². The molecular formula is C31H30ClN5O2. The molecule has 0 radical (unpaired) electrons. The average Bonchev–Trinajstić information content (AvgIpc) is 3.49. The van der Waals surface area contributed by atoms with Crippen LogP contribution in [0.4, 0.5) is 11.6 Å². The topological polar surface area (TPSA) is 72.3 Å². The van der Waals surface area contributed by atoms with Crippen LogP contribution in [0.25, 0.3) is 27.7 Å². The maximum Gasteiger partial charge on any atom is 0.260 e. The van der Waals surface area contributed by atoms with Gasteiger partial charge in [-0.05, 0) is 61.4 Å². The SMILES string of the molecule is CCn1c(=O)c(-c2ccc(C3=CC=CC3)cc2Cl)cc2cnc(Nc3ccc(C4CN(C)CCO4)cc3)nc21. The fourth-order valence-electron chi connectivity index (χ4n) is 5.19. The number of aryl methyl sites for hydroxylation is 1. The van der Waals surface area contributed by atoms with Crippen molar-refractivity contribution < 1.29 is 4.74 Å². The predicted octanol–water partition coefficient (Wildman–Crippen LogP) is 6.22. The molecule has 0 amide bonds. The number of fused-ring (bicyclic) bond motifs is 1. The highest BCUT2D eigenvalue weighted by Gasteiger charge is 2.20. The minimum atomic E-state index is -0.132. The minimum absolute atomic E-state index is 0.0735. The summed E-state index contributed by atoms with van der Waals surface area (Å²) < 4.78 is 7.59. The zero-order chi connectivity index (χ0) is 26.9. The number of pyridine rings is 1. The second-order valence-electron chi connectivity index (χ2n) is 9.97. The van der Waals surface area contributed by atoms with Crippen molar-refractivity contribution in [3.63, 3.8) is 0 Å². The largest absolute Gasteiger partial charge is 0.371 e. The highest BCUT2D eigenvalue weighted by Crippen LogP contribution is 2.33. The van der Waals surface area contributed by atoms with Crippen molar-refractivity contribution in [3.8, 4) is 11.1 Å². The number of nitrogens with zero attached hydrogens (tertiary/aromatic N) is 4. The third-order valence-corrected chi connectivity index (χ3v) is 7.67. The molecule has 1 aliphatic carbocycles. The first-order valence-corrected chi connectivity index (χ1v) is 13.6. The average molecular weight is 540 g/mol. The van der Waals surface area contributed by atoms with E-state index in [1.54, 1.807) is 10.8 Å². The van der Waals surface area contributed by atoms with Crippen LogP contribution in [0.15, 0.2) is 77.8 Å². The Morgan fingerprint density at radius 2 is 1.97 bits per heavy atom. The summed E-state index contributed by atoms with van der Waals surface area (Å²) in [7, 11) is 2.11. The number of aromatic nitrogens is 3. The van der Waals surface area contributed by atoms with Crippen LogP contribution in [-0.4, -0.2) is 46.2 Å². The van der Waals surface area contributed by atoms with Crippen LogP contribution >= 0.6 is 11.6 Å². The zero-order valence-corrected chi connectivity index (χ0v) is 22.8. The molecule has 39 heavy (non-hydrogen) atoms. The zero-order valence-electron chi connectivity index (χ0n) is 22.0. The molecule has 1 aliphatic heterocycles. The number of benzene rings is 2. The molecule has 0 bridgehead atoms. The first-order chi connectivity index (χ1) is 19.0. The Hall–Kier alpha value is -3.78. The fraction of sp³-hybridized carbons (Fsp3) is 0.258. The van der Waals surface area contributed by atoms with Crippen LogP contribution in [0.2, 0.25) is 5.02 Å². The number of likely N-dealkylation sites (N-methyl/N-ethyl adjacent to an activating group) is 1.